The smallest absolute Gasteiger partial charge is 0.279 e. The lowest BCUT2D eigenvalue weighted by Gasteiger charge is -2.28. The van der Waals surface area contributed by atoms with Crippen LogP contribution in [-0.2, 0) is 23.2 Å². The van der Waals surface area contributed by atoms with Gasteiger partial charge < -0.3 is 4.42 Å². The number of nitrogens with one attached hydrogen (secondary N) is 1. The Morgan fingerprint density at radius 1 is 0.964 bits per heavy atom. The predicted molar refractivity (Wildman–Crippen MR) is 109 cm³/mol. The van der Waals surface area contributed by atoms with Crippen molar-refractivity contribution < 1.29 is 12.8 Å². The first-order valence-electron chi connectivity index (χ1n) is 9.53. The fraction of sp³-hybridized carbons (Fsp3) is 0.273. The number of nitrogens with zero attached hydrogens (tertiary/aromatic N) is 1. The topological polar surface area (TPSA) is 62.6 Å². The molecule has 0 unspecified atom stereocenters. The maximum absolute atomic E-state index is 12.8. The number of hydrogen-bond acceptors (Lipinski definition) is 3. The first-order valence-corrected chi connectivity index (χ1v) is 11.0. The van der Waals surface area contributed by atoms with Gasteiger partial charge in [0.05, 0.1) is 6.26 Å². The fourth-order valence-electron chi connectivity index (χ4n) is 3.75. The van der Waals surface area contributed by atoms with Crippen LogP contribution < -0.4 is 4.72 Å². The van der Waals surface area contributed by atoms with E-state index in [1.54, 1.807) is 6.26 Å². The molecule has 2 aromatic carbocycles. The van der Waals surface area contributed by atoms with E-state index < -0.39 is 10.2 Å². The molecule has 1 aliphatic rings. The summed E-state index contributed by atoms with van der Waals surface area (Å²) in [4.78, 5) is 0. The van der Waals surface area contributed by atoms with Gasteiger partial charge in [-0.1, -0.05) is 54.6 Å². The zero-order chi connectivity index (χ0) is 19.4. The Balaban J connectivity index is 1.42. The van der Waals surface area contributed by atoms with E-state index in [1.165, 1.54) is 9.87 Å². The van der Waals surface area contributed by atoms with Gasteiger partial charge in [-0.3, -0.25) is 0 Å². The number of furan rings is 1. The molecule has 6 heteroatoms. The zero-order valence-corrected chi connectivity index (χ0v) is 16.4. The van der Waals surface area contributed by atoms with Gasteiger partial charge in [0.25, 0.3) is 10.2 Å². The van der Waals surface area contributed by atoms with Gasteiger partial charge in [0.1, 0.15) is 5.76 Å². The summed E-state index contributed by atoms with van der Waals surface area (Å²) in [5.74, 6) is 0.860. The van der Waals surface area contributed by atoms with Crippen molar-refractivity contribution in [2.24, 2.45) is 0 Å². The molecule has 0 fully saturated rings. The highest BCUT2D eigenvalue weighted by atomic mass is 32.2. The molecule has 0 spiro atoms. The predicted octanol–water partition coefficient (Wildman–Crippen LogP) is 3.69. The Labute approximate surface area is 166 Å². The van der Waals surface area contributed by atoms with Gasteiger partial charge in [0, 0.05) is 25.6 Å². The highest BCUT2D eigenvalue weighted by molar-refractivity contribution is 7.87. The molecular formula is C22H24N2O3S. The minimum atomic E-state index is -3.52. The minimum Gasteiger partial charge on any atom is -0.469 e. The van der Waals surface area contributed by atoms with Crippen molar-refractivity contribution in [3.63, 3.8) is 0 Å². The lowest BCUT2D eigenvalue weighted by molar-refractivity contribution is 0.382. The molecule has 1 atom stereocenters. The second-order valence-electron chi connectivity index (χ2n) is 7.02. The van der Waals surface area contributed by atoms with Crippen LogP contribution in [0.3, 0.4) is 0 Å². The van der Waals surface area contributed by atoms with Crippen LogP contribution in [0.15, 0.2) is 77.4 Å². The number of rotatable bonds is 7. The molecule has 0 saturated carbocycles. The lowest BCUT2D eigenvalue weighted by atomic mass is 9.93. The first-order chi connectivity index (χ1) is 13.6. The molecular weight excluding hydrogens is 372 g/mol. The second-order valence-corrected chi connectivity index (χ2v) is 8.77. The summed E-state index contributed by atoms with van der Waals surface area (Å²) in [5.41, 5.74) is 3.43. The Morgan fingerprint density at radius 2 is 1.71 bits per heavy atom. The molecule has 3 aromatic rings. The first kappa shape index (κ1) is 18.9. The van der Waals surface area contributed by atoms with Crippen LogP contribution >= 0.6 is 0 Å². The molecule has 1 aliphatic heterocycles. The van der Waals surface area contributed by atoms with E-state index >= 15 is 0 Å². The van der Waals surface area contributed by atoms with Gasteiger partial charge in [-0.25, -0.2) is 4.72 Å². The Bertz CT molecular complexity index is 1000. The summed E-state index contributed by atoms with van der Waals surface area (Å²) in [5, 5.41) is 0. The van der Waals surface area contributed by atoms with Crippen LogP contribution in [0.1, 0.15) is 34.8 Å². The van der Waals surface area contributed by atoms with E-state index in [0.29, 0.717) is 26.1 Å². The van der Waals surface area contributed by atoms with E-state index in [-0.39, 0.29) is 5.92 Å². The average Bonchev–Trinajstić information content (AvgIpc) is 3.26. The standard InChI is InChI=1S/C22H24N2O3S/c25-28(26,24-15-13-18-7-4-5-10-20(18)17-24)23-14-12-21(22-11-6-16-27-22)19-8-2-1-3-9-19/h1-11,16,21,23H,12-15,17H2/t21-/m0/s1. The SMILES string of the molecule is O=S(=O)(NCC[C@@H](c1ccccc1)c1ccco1)N1CCc2ccccc2C1. The monoisotopic (exact) mass is 396 g/mol. The van der Waals surface area contributed by atoms with E-state index in [9.17, 15) is 8.42 Å². The van der Waals surface area contributed by atoms with Crippen molar-refractivity contribution in [2.75, 3.05) is 13.1 Å². The normalized spacial score (nSPS) is 15.9. The van der Waals surface area contributed by atoms with Gasteiger partial charge in [-0.05, 0) is 41.7 Å². The third-order valence-corrected chi connectivity index (χ3v) is 6.80. The minimum absolute atomic E-state index is 0.0148. The number of benzene rings is 2. The summed E-state index contributed by atoms with van der Waals surface area (Å²) in [6.07, 6.45) is 3.03. The van der Waals surface area contributed by atoms with Crippen molar-refractivity contribution in [1.82, 2.24) is 9.03 Å². The van der Waals surface area contributed by atoms with Crippen LogP contribution in [0.5, 0.6) is 0 Å². The lowest BCUT2D eigenvalue weighted by Crippen LogP contribution is -2.43. The van der Waals surface area contributed by atoms with Crippen molar-refractivity contribution in [2.45, 2.75) is 25.3 Å². The summed E-state index contributed by atoms with van der Waals surface area (Å²) in [7, 11) is -3.52. The molecule has 0 bridgehead atoms. The largest absolute Gasteiger partial charge is 0.469 e. The molecule has 0 aliphatic carbocycles. The highest BCUT2D eigenvalue weighted by Gasteiger charge is 2.26. The highest BCUT2D eigenvalue weighted by Crippen LogP contribution is 2.28. The van der Waals surface area contributed by atoms with Crippen LogP contribution in [0.4, 0.5) is 0 Å². The molecule has 5 nitrogen and oxygen atoms in total. The fourth-order valence-corrected chi connectivity index (χ4v) is 4.95. The third-order valence-electron chi connectivity index (χ3n) is 5.24. The van der Waals surface area contributed by atoms with Gasteiger partial charge in [-0.2, -0.15) is 12.7 Å². The third kappa shape index (κ3) is 4.19. The van der Waals surface area contributed by atoms with Crippen molar-refractivity contribution in [3.05, 3.63) is 95.4 Å². The van der Waals surface area contributed by atoms with Gasteiger partial charge in [0.15, 0.2) is 0 Å². The van der Waals surface area contributed by atoms with E-state index in [0.717, 1.165) is 23.3 Å². The molecule has 28 heavy (non-hydrogen) atoms. The van der Waals surface area contributed by atoms with E-state index in [4.69, 9.17) is 4.42 Å². The maximum atomic E-state index is 12.8. The van der Waals surface area contributed by atoms with Crippen LogP contribution in [0.2, 0.25) is 0 Å². The summed E-state index contributed by atoms with van der Waals surface area (Å²) < 4.78 is 35.5. The van der Waals surface area contributed by atoms with Crippen molar-refractivity contribution in [1.29, 1.82) is 0 Å². The van der Waals surface area contributed by atoms with E-state index in [2.05, 4.69) is 10.8 Å². The summed E-state index contributed by atoms with van der Waals surface area (Å²) in [6.45, 7) is 1.28. The molecule has 0 saturated heterocycles. The van der Waals surface area contributed by atoms with Gasteiger partial charge in [-0.15, -0.1) is 0 Å². The molecule has 1 N–H and O–H groups in total. The molecule has 0 radical (unpaired) electrons. The Kier molecular flexibility index (Phi) is 5.62. The van der Waals surface area contributed by atoms with Gasteiger partial charge in [0.2, 0.25) is 0 Å². The quantitative estimate of drug-likeness (QED) is 0.662. The average molecular weight is 397 g/mol. The van der Waals surface area contributed by atoms with E-state index in [1.807, 2.05) is 60.7 Å². The zero-order valence-electron chi connectivity index (χ0n) is 15.6. The van der Waals surface area contributed by atoms with Crippen LogP contribution in [-0.4, -0.2) is 25.8 Å². The summed E-state index contributed by atoms with van der Waals surface area (Å²) >= 11 is 0. The number of hydrogen-bond donors (Lipinski definition) is 1. The molecule has 4 rings (SSSR count). The second kappa shape index (κ2) is 8.31. The molecule has 2 heterocycles. The van der Waals surface area contributed by atoms with Gasteiger partial charge >= 0.3 is 0 Å². The Hall–Kier alpha value is -2.41. The van der Waals surface area contributed by atoms with Crippen molar-refractivity contribution >= 4 is 10.2 Å². The Morgan fingerprint density at radius 3 is 2.46 bits per heavy atom. The molecule has 1 aromatic heterocycles. The molecule has 0 amide bonds. The van der Waals surface area contributed by atoms with Crippen LogP contribution in [0.25, 0.3) is 0 Å². The van der Waals surface area contributed by atoms with Crippen molar-refractivity contribution in [3.8, 4) is 0 Å². The summed E-state index contributed by atoms with van der Waals surface area (Å²) in [6, 6.07) is 21.9. The maximum Gasteiger partial charge on any atom is 0.279 e. The number of fused-ring (bicyclic) bond motifs is 1. The van der Waals surface area contributed by atoms with Crippen LogP contribution in [0, 0.1) is 0 Å². The molecule has 146 valence electrons.